The fraction of sp³-hybridized carbons (Fsp3) is 1.00. The zero-order chi connectivity index (χ0) is 14.8. The summed E-state index contributed by atoms with van der Waals surface area (Å²) in [6.07, 6.45) is 4.73. The molecule has 1 aliphatic heterocycles. The number of sulfone groups is 1. The lowest BCUT2D eigenvalue weighted by Gasteiger charge is -2.33. The maximum absolute atomic E-state index is 11.6. The average Bonchev–Trinajstić information content (AvgIpc) is 3.00. The molecular weight excluding hydrogens is 276 g/mol. The van der Waals surface area contributed by atoms with Crippen LogP contribution >= 0.6 is 0 Å². The van der Waals surface area contributed by atoms with Gasteiger partial charge in [0.25, 0.3) is 0 Å². The van der Waals surface area contributed by atoms with Gasteiger partial charge in [-0.25, -0.2) is 8.42 Å². The topological polar surface area (TPSA) is 69.6 Å². The van der Waals surface area contributed by atoms with E-state index in [1.807, 2.05) is 7.05 Å². The lowest BCUT2D eigenvalue weighted by molar-refractivity contribution is 0.139. The van der Waals surface area contributed by atoms with Crippen LogP contribution in [0.4, 0.5) is 0 Å². The molecule has 2 fully saturated rings. The molecule has 2 rings (SSSR count). The Morgan fingerprint density at radius 3 is 2.65 bits per heavy atom. The van der Waals surface area contributed by atoms with Crippen LogP contribution in [0.25, 0.3) is 0 Å². The molecule has 0 spiro atoms. The van der Waals surface area contributed by atoms with Crippen molar-refractivity contribution >= 4 is 9.84 Å². The Kier molecular flexibility index (Phi) is 5.10. The summed E-state index contributed by atoms with van der Waals surface area (Å²) in [5.41, 5.74) is -0.160. The first-order valence-electron chi connectivity index (χ1n) is 7.69. The SMILES string of the molecule is CCCNC1(CO)CCC(N(C)C2CCS(=O)(=O)C2)C1. The van der Waals surface area contributed by atoms with E-state index >= 15 is 0 Å². The second-order valence-electron chi connectivity index (χ2n) is 6.48. The molecule has 1 saturated heterocycles. The van der Waals surface area contributed by atoms with Gasteiger partial charge >= 0.3 is 0 Å². The second-order valence-corrected chi connectivity index (χ2v) is 8.71. The fourth-order valence-electron chi connectivity index (χ4n) is 3.59. The van der Waals surface area contributed by atoms with Crippen LogP contribution in [0.3, 0.4) is 0 Å². The van der Waals surface area contributed by atoms with E-state index in [4.69, 9.17) is 0 Å². The number of aliphatic hydroxyl groups is 1. The minimum atomic E-state index is -2.83. The Morgan fingerprint density at radius 1 is 1.35 bits per heavy atom. The third kappa shape index (κ3) is 3.53. The van der Waals surface area contributed by atoms with E-state index in [9.17, 15) is 13.5 Å². The highest BCUT2D eigenvalue weighted by atomic mass is 32.2. The highest BCUT2D eigenvalue weighted by molar-refractivity contribution is 7.91. The molecule has 5 nitrogen and oxygen atoms in total. The van der Waals surface area contributed by atoms with Crippen molar-refractivity contribution in [2.45, 2.75) is 56.7 Å². The van der Waals surface area contributed by atoms with Gasteiger partial charge in [0, 0.05) is 17.6 Å². The number of rotatable bonds is 6. The van der Waals surface area contributed by atoms with Crippen molar-refractivity contribution in [3.05, 3.63) is 0 Å². The van der Waals surface area contributed by atoms with Gasteiger partial charge in [-0.15, -0.1) is 0 Å². The summed E-state index contributed by atoms with van der Waals surface area (Å²) in [5, 5.41) is 13.2. The van der Waals surface area contributed by atoms with Gasteiger partial charge in [-0.3, -0.25) is 4.90 Å². The molecule has 0 aromatic rings. The summed E-state index contributed by atoms with van der Waals surface area (Å²) < 4.78 is 23.2. The van der Waals surface area contributed by atoms with E-state index < -0.39 is 9.84 Å². The fourth-order valence-corrected chi connectivity index (χ4v) is 5.38. The molecule has 0 aromatic heterocycles. The first-order valence-corrected chi connectivity index (χ1v) is 9.52. The summed E-state index contributed by atoms with van der Waals surface area (Å²) in [5.74, 6) is 0.627. The lowest BCUT2D eigenvalue weighted by atomic mass is 9.98. The summed E-state index contributed by atoms with van der Waals surface area (Å²) >= 11 is 0. The van der Waals surface area contributed by atoms with Gasteiger partial charge in [-0.05, 0) is 45.7 Å². The van der Waals surface area contributed by atoms with Crippen molar-refractivity contribution in [3.8, 4) is 0 Å². The zero-order valence-electron chi connectivity index (χ0n) is 12.6. The van der Waals surface area contributed by atoms with Gasteiger partial charge in [0.15, 0.2) is 9.84 Å². The van der Waals surface area contributed by atoms with Crippen molar-refractivity contribution in [3.63, 3.8) is 0 Å². The lowest BCUT2D eigenvalue weighted by Crippen LogP contribution is -2.49. The minimum Gasteiger partial charge on any atom is -0.394 e. The molecule has 0 bridgehead atoms. The van der Waals surface area contributed by atoms with Gasteiger partial charge in [0.05, 0.1) is 18.1 Å². The summed E-state index contributed by atoms with van der Waals surface area (Å²) in [6, 6.07) is 0.537. The van der Waals surface area contributed by atoms with Crippen LogP contribution in [0.2, 0.25) is 0 Å². The predicted octanol–water partition coefficient (Wildman–Crippen LogP) is 0.389. The minimum absolute atomic E-state index is 0.158. The molecule has 2 N–H and O–H groups in total. The third-order valence-corrected chi connectivity index (χ3v) is 6.75. The molecule has 1 saturated carbocycles. The first kappa shape index (κ1) is 16.2. The van der Waals surface area contributed by atoms with Crippen LogP contribution in [0.5, 0.6) is 0 Å². The smallest absolute Gasteiger partial charge is 0.151 e. The number of hydrogen-bond donors (Lipinski definition) is 2. The first-order chi connectivity index (χ1) is 9.41. The van der Waals surface area contributed by atoms with Crippen LogP contribution in [0, 0.1) is 0 Å². The second kappa shape index (κ2) is 6.30. The van der Waals surface area contributed by atoms with E-state index in [2.05, 4.69) is 17.1 Å². The molecule has 3 atom stereocenters. The Balaban J connectivity index is 1.94. The van der Waals surface area contributed by atoms with E-state index in [1.165, 1.54) is 0 Å². The Hall–Kier alpha value is -0.170. The van der Waals surface area contributed by atoms with Crippen molar-refractivity contribution in [2.75, 3.05) is 31.7 Å². The van der Waals surface area contributed by atoms with Crippen LogP contribution in [-0.4, -0.2) is 67.8 Å². The molecule has 0 amide bonds. The van der Waals surface area contributed by atoms with E-state index in [0.29, 0.717) is 17.5 Å². The molecule has 1 aliphatic carbocycles. The molecule has 0 radical (unpaired) electrons. The molecule has 118 valence electrons. The summed E-state index contributed by atoms with van der Waals surface area (Å²) in [4.78, 5) is 2.25. The normalized spacial score (nSPS) is 36.8. The standard InChI is InChI=1S/C14H28N2O3S/c1-3-7-15-14(11-17)6-4-12(9-14)16(2)13-5-8-20(18,19)10-13/h12-13,15,17H,3-11H2,1-2H3. The van der Waals surface area contributed by atoms with Crippen molar-refractivity contribution in [2.24, 2.45) is 0 Å². The largest absolute Gasteiger partial charge is 0.394 e. The van der Waals surface area contributed by atoms with Gasteiger partial charge in [0.2, 0.25) is 0 Å². The predicted molar refractivity (Wildman–Crippen MR) is 80.6 cm³/mol. The molecule has 20 heavy (non-hydrogen) atoms. The molecule has 1 heterocycles. The van der Waals surface area contributed by atoms with Gasteiger partial charge < -0.3 is 10.4 Å². The monoisotopic (exact) mass is 304 g/mol. The maximum atomic E-state index is 11.6. The molecule has 0 aromatic carbocycles. The number of nitrogens with one attached hydrogen (secondary N) is 1. The highest BCUT2D eigenvalue weighted by Crippen LogP contribution is 2.34. The van der Waals surface area contributed by atoms with Gasteiger partial charge in [0.1, 0.15) is 0 Å². The van der Waals surface area contributed by atoms with Gasteiger partial charge in [-0.2, -0.15) is 0 Å². The van der Waals surface area contributed by atoms with Crippen molar-refractivity contribution in [1.82, 2.24) is 10.2 Å². The molecule has 6 heteroatoms. The van der Waals surface area contributed by atoms with Crippen LogP contribution in [0.1, 0.15) is 39.0 Å². The van der Waals surface area contributed by atoms with E-state index in [1.54, 1.807) is 0 Å². The maximum Gasteiger partial charge on any atom is 0.151 e. The molecular formula is C14H28N2O3S. The highest BCUT2D eigenvalue weighted by Gasteiger charge is 2.42. The summed E-state index contributed by atoms with van der Waals surface area (Å²) in [6.45, 7) is 3.22. The van der Waals surface area contributed by atoms with E-state index in [-0.39, 0.29) is 18.2 Å². The summed E-state index contributed by atoms with van der Waals surface area (Å²) in [7, 11) is -0.780. The zero-order valence-corrected chi connectivity index (χ0v) is 13.5. The third-order valence-electron chi connectivity index (χ3n) is 5.00. The number of nitrogens with zero attached hydrogens (tertiary/aromatic N) is 1. The van der Waals surface area contributed by atoms with Gasteiger partial charge in [-0.1, -0.05) is 6.92 Å². The number of hydrogen-bond acceptors (Lipinski definition) is 5. The van der Waals surface area contributed by atoms with E-state index in [0.717, 1.165) is 38.6 Å². The Labute approximate surface area is 122 Å². The van der Waals surface area contributed by atoms with Crippen LogP contribution in [0.15, 0.2) is 0 Å². The van der Waals surface area contributed by atoms with Crippen LogP contribution in [-0.2, 0) is 9.84 Å². The molecule has 2 aliphatic rings. The van der Waals surface area contributed by atoms with Crippen molar-refractivity contribution < 1.29 is 13.5 Å². The van der Waals surface area contributed by atoms with Crippen molar-refractivity contribution in [1.29, 1.82) is 0 Å². The average molecular weight is 304 g/mol. The molecule has 3 unspecified atom stereocenters. The quantitative estimate of drug-likeness (QED) is 0.743. The van der Waals surface area contributed by atoms with Crippen LogP contribution < -0.4 is 5.32 Å². The Morgan fingerprint density at radius 2 is 2.10 bits per heavy atom. The number of aliphatic hydroxyl groups excluding tert-OH is 1. The Bertz CT molecular complexity index is 426.